The molecule has 0 saturated carbocycles. The summed E-state index contributed by atoms with van der Waals surface area (Å²) in [6, 6.07) is 8.09. The summed E-state index contributed by atoms with van der Waals surface area (Å²) < 4.78 is 2.17. The number of nitrogens with one attached hydrogen (secondary N) is 1. The molecule has 0 fully saturated rings. The minimum Gasteiger partial charge on any atom is -0.359 e. The summed E-state index contributed by atoms with van der Waals surface area (Å²) in [7, 11) is 0. The second-order valence-corrected chi connectivity index (χ2v) is 4.09. The van der Waals surface area contributed by atoms with Gasteiger partial charge in [0, 0.05) is 19.5 Å². The molecule has 0 atom stereocenters. The molecule has 4 heteroatoms. The van der Waals surface area contributed by atoms with Crippen LogP contribution in [0.15, 0.2) is 36.9 Å². The van der Waals surface area contributed by atoms with Crippen LogP contribution in [0, 0.1) is 0 Å². The van der Waals surface area contributed by atoms with Crippen molar-refractivity contribution >= 4 is 17.4 Å². The molecule has 2 rings (SSSR count). The monoisotopic (exact) mass is 243 g/mol. The molecule has 0 radical (unpaired) electrons. The molecule has 0 saturated heterocycles. The lowest BCUT2D eigenvalue weighted by Gasteiger charge is -2.06. The number of allylic oxidation sites excluding steroid dienone is 1. The van der Waals surface area contributed by atoms with Gasteiger partial charge in [-0.05, 0) is 18.6 Å². The molecule has 1 aromatic heterocycles. The van der Waals surface area contributed by atoms with Gasteiger partial charge < -0.3 is 9.88 Å². The maximum atomic E-state index is 10.2. The Labute approximate surface area is 106 Å². The molecular weight excluding hydrogens is 226 g/mol. The van der Waals surface area contributed by atoms with Crippen LogP contribution in [0.1, 0.15) is 12.2 Å². The van der Waals surface area contributed by atoms with E-state index < -0.39 is 0 Å². The average molecular weight is 243 g/mol. The highest BCUT2D eigenvalue weighted by atomic mass is 16.1. The van der Waals surface area contributed by atoms with Crippen molar-refractivity contribution in [3.05, 3.63) is 42.7 Å². The van der Waals surface area contributed by atoms with Crippen LogP contribution in [0.4, 0.5) is 0 Å². The predicted molar refractivity (Wildman–Crippen MR) is 72.3 cm³/mol. The fourth-order valence-electron chi connectivity index (χ4n) is 2.06. The standard InChI is InChI=1S/C14H17N3O/c1-2-10-17-13-7-4-3-6-12(13)16-14(17)8-5-9-15-11-18/h2-4,6-7,11H,1,5,8-10H2,(H,15,18). The zero-order chi connectivity index (χ0) is 12.8. The Balaban J connectivity index is 2.22. The number of hydrogen-bond acceptors (Lipinski definition) is 2. The Hall–Kier alpha value is -2.10. The van der Waals surface area contributed by atoms with Crippen molar-refractivity contribution in [1.82, 2.24) is 14.9 Å². The fraction of sp³-hybridized carbons (Fsp3) is 0.286. The number of rotatable bonds is 7. The molecule has 0 unspecified atom stereocenters. The van der Waals surface area contributed by atoms with Crippen molar-refractivity contribution in [1.29, 1.82) is 0 Å². The van der Waals surface area contributed by atoms with E-state index >= 15 is 0 Å². The van der Waals surface area contributed by atoms with Gasteiger partial charge in [-0.25, -0.2) is 4.98 Å². The van der Waals surface area contributed by atoms with E-state index in [1.807, 2.05) is 24.3 Å². The van der Waals surface area contributed by atoms with Crippen molar-refractivity contribution in [2.45, 2.75) is 19.4 Å². The van der Waals surface area contributed by atoms with E-state index in [-0.39, 0.29) is 0 Å². The van der Waals surface area contributed by atoms with E-state index in [9.17, 15) is 4.79 Å². The molecule has 1 amide bonds. The molecule has 1 heterocycles. The number of carbonyl (C=O) groups is 1. The zero-order valence-corrected chi connectivity index (χ0v) is 10.3. The highest BCUT2D eigenvalue weighted by Crippen LogP contribution is 2.17. The number of carbonyl (C=O) groups excluding carboxylic acids is 1. The third-order valence-electron chi connectivity index (χ3n) is 2.85. The van der Waals surface area contributed by atoms with E-state index in [4.69, 9.17) is 0 Å². The quantitative estimate of drug-likeness (QED) is 0.458. The Bertz CT molecular complexity index is 545. The van der Waals surface area contributed by atoms with Crippen LogP contribution in [-0.4, -0.2) is 22.5 Å². The van der Waals surface area contributed by atoms with Gasteiger partial charge in [0.1, 0.15) is 5.82 Å². The normalized spacial score (nSPS) is 10.4. The Morgan fingerprint density at radius 2 is 2.22 bits per heavy atom. The number of para-hydroxylation sites is 2. The first kappa shape index (κ1) is 12.4. The summed E-state index contributed by atoms with van der Waals surface area (Å²) in [5.41, 5.74) is 2.15. The Kier molecular flexibility index (Phi) is 4.12. The molecule has 0 aliphatic heterocycles. The first-order valence-electron chi connectivity index (χ1n) is 6.09. The maximum Gasteiger partial charge on any atom is 0.207 e. The van der Waals surface area contributed by atoms with E-state index in [0.29, 0.717) is 6.54 Å². The summed E-state index contributed by atoms with van der Waals surface area (Å²) >= 11 is 0. The smallest absolute Gasteiger partial charge is 0.207 e. The highest BCUT2D eigenvalue weighted by Gasteiger charge is 2.08. The van der Waals surface area contributed by atoms with E-state index in [2.05, 4.69) is 27.5 Å². The molecular formula is C14H17N3O. The minimum absolute atomic E-state index is 0.681. The maximum absolute atomic E-state index is 10.2. The van der Waals surface area contributed by atoms with Gasteiger partial charge >= 0.3 is 0 Å². The summed E-state index contributed by atoms with van der Waals surface area (Å²) in [4.78, 5) is 14.8. The largest absolute Gasteiger partial charge is 0.359 e. The van der Waals surface area contributed by atoms with Crippen LogP contribution < -0.4 is 5.32 Å². The van der Waals surface area contributed by atoms with Gasteiger partial charge in [0.25, 0.3) is 0 Å². The van der Waals surface area contributed by atoms with Crippen molar-refractivity contribution in [3.63, 3.8) is 0 Å². The third kappa shape index (κ3) is 2.59. The molecule has 0 spiro atoms. The van der Waals surface area contributed by atoms with Crippen LogP contribution in [0.2, 0.25) is 0 Å². The summed E-state index contributed by atoms with van der Waals surface area (Å²) in [5.74, 6) is 1.05. The lowest BCUT2D eigenvalue weighted by atomic mass is 10.3. The van der Waals surface area contributed by atoms with Gasteiger partial charge in [0.05, 0.1) is 11.0 Å². The Morgan fingerprint density at radius 1 is 1.39 bits per heavy atom. The highest BCUT2D eigenvalue weighted by molar-refractivity contribution is 5.75. The molecule has 0 aliphatic carbocycles. The lowest BCUT2D eigenvalue weighted by molar-refractivity contribution is -0.109. The van der Waals surface area contributed by atoms with Crippen molar-refractivity contribution < 1.29 is 4.79 Å². The summed E-state index contributed by atoms with van der Waals surface area (Å²) in [6.45, 7) is 5.23. The molecule has 4 nitrogen and oxygen atoms in total. The van der Waals surface area contributed by atoms with Gasteiger partial charge in [0.15, 0.2) is 0 Å². The number of aromatic nitrogens is 2. The zero-order valence-electron chi connectivity index (χ0n) is 10.3. The second-order valence-electron chi connectivity index (χ2n) is 4.09. The van der Waals surface area contributed by atoms with Crippen LogP contribution in [0.5, 0.6) is 0 Å². The topological polar surface area (TPSA) is 46.9 Å². The van der Waals surface area contributed by atoms with Gasteiger partial charge in [-0.15, -0.1) is 6.58 Å². The van der Waals surface area contributed by atoms with Gasteiger partial charge in [-0.2, -0.15) is 0 Å². The number of amides is 1. The minimum atomic E-state index is 0.681. The number of imidazole rings is 1. The van der Waals surface area contributed by atoms with Gasteiger partial charge in [0.2, 0.25) is 6.41 Å². The number of nitrogens with zero attached hydrogens (tertiary/aromatic N) is 2. The third-order valence-corrected chi connectivity index (χ3v) is 2.85. The van der Waals surface area contributed by atoms with Gasteiger partial charge in [-0.3, -0.25) is 4.79 Å². The van der Waals surface area contributed by atoms with Crippen LogP contribution in [-0.2, 0) is 17.8 Å². The van der Waals surface area contributed by atoms with Gasteiger partial charge in [-0.1, -0.05) is 18.2 Å². The molecule has 1 N–H and O–H groups in total. The summed E-state index contributed by atoms with van der Waals surface area (Å²) in [5, 5.41) is 2.67. The SMILES string of the molecule is C=CCn1c(CCCNC=O)nc2ccccc21. The second kappa shape index (κ2) is 6.00. The van der Waals surface area contributed by atoms with Crippen molar-refractivity contribution in [2.75, 3.05) is 6.54 Å². The molecule has 1 aromatic carbocycles. The van der Waals surface area contributed by atoms with E-state index in [1.54, 1.807) is 0 Å². The average Bonchev–Trinajstić information content (AvgIpc) is 2.74. The first-order chi connectivity index (χ1) is 8.86. The molecule has 2 aromatic rings. The molecule has 94 valence electrons. The number of hydrogen-bond donors (Lipinski definition) is 1. The molecule has 0 aliphatic rings. The predicted octanol–water partition coefficient (Wildman–Crippen LogP) is 1.90. The van der Waals surface area contributed by atoms with Crippen molar-refractivity contribution in [2.24, 2.45) is 0 Å². The molecule has 18 heavy (non-hydrogen) atoms. The number of aryl methyl sites for hydroxylation is 1. The van der Waals surface area contributed by atoms with E-state index in [0.717, 1.165) is 42.7 Å². The first-order valence-corrected chi connectivity index (χ1v) is 6.09. The van der Waals surface area contributed by atoms with Crippen LogP contribution >= 0.6 is 0 Å². The number of fused-ring (bicyclic) bond motifs is 1. The van der Waals surface area contributed by atoms with Crippen LogP contribution in [0.25, 0.3) is 11.0 Å². The molecule has 0 bridgehead atoms. The number of benzene rings is 1. The lowest BCUT2D eigenvalue weighted by Crippen LogP contribution is -2.14. The Morgan fingerprint density at radius 3 is 3.00 bits per heavy atom. The fourth-order valence-corrected chi connectivity index (χ4v) is 2.06. The summed E-state index contributed by atoms with van der Waals surface area (Å²) in [6.07, 6.45) is 4.34. The van der Waals surface area contributed by atoms with Crippen molar-refractivity contribution in [3.8, 4) is 0 Å². The van der Waals surface area contributed by atoms with Crippen LogP contribution in [0.3, 0.4) is 0 Å². The van der Waals surface area contributed by atoms with E-state index in [1.165, 1.54) is 0 Å².